The maximum Gasteiger partial charge on any atom is 0.245 e. The first-order valence-electron chi connectivity index (χ1n) is 13.6. The lowest BCUT2D eigenvalue weighted by Gasteiger charge is -2.38. The molecule has 0 aliphatic carbocycles. The molecule has 1 unspecified atom stereocenters. The molecule has 1 saturated heterocycles. The number of benzene rings is 3. The molecule has 3 aromatic carbocycles. The number of nitrogens with one attached hydrogen (secondary N) is 3. The van der Waals surface area contributed by atoms with Crippen molar-refractivity contribution in [1.29, 1.82) is 0 Å². The molecule has 2 heterocycles. The number of halogens is 1. The first-order valence-corrected chi connectivity index (χ1v) is 15.9. The molecule has 3 aromatic rings. The fraction of sp³-hybridized carbons (Fsp3) is 0.333. The highest BCUT2D eigenvalue weighted by Crippen LogP contribution is 2.27. The van der Waals surface area contributed by atoms with Crippen LogP contribution in [0.5, 0.6) is 0 Å². The number of hydrogen-bond acceptors (Lipinski definition) is 6. The molecule has 9 nitrogen and oxygen atoms in total. The van der Waals surface area contributed by atoms with Crippen molar-refractivity contribution < 1.29 is 18.0 Å². The van der Waals surface area contributed by atoms with Gasteiger partial charge in [-0.1, -0.05) is 60.1 Å². The first-order chi connectivity index (χ1) is 19.7. The molecule has 2 amide bonds. The average molecular weight is 596 g/mol. The second kappa shape index (κ2) is 12.5. The number of rotatable bonds is 8. The summed E-state index contributed by atoms with van der Waals surface area (Å²) in [6, 6.07) is 21.4. The second-order valence-electron chi connectivity index (χ2n) is 10.5. The summed E-state index contributed by atoms with van der Waals surface area (Å²) >= 11 is 6.07. The monoisotopic (exact) mass is 595 g/mol. The number of fused-ring (bicyclic) bond motifs is 1. The lowest BCUT2D eigenvalue weighted by Crippen LogP contribution is -2.58. The summed E-state index contributed by atoms with van der Waals surface area (Å²) in [7, 11) is -3.44. The number of amides is 2. The summed E-state index contributed by atoms with van der Waals surface area (Å²) in [5, 5.41) is 6.95. The predicted molar refractivity (Wildman–Crippen MR) is 162 cm³/mol. The average Bonchev–Trinajstić information content (AvgIpc) is 2.97. The molecule has 11 heteroatoms. The van der Waals surface area contributed by atoms with Gasteiger partial charge in [0.15, 0.2) is 0 Å². The number of piperazine rings is 1. The molecule has 41 heavy (non-hydrogen) atoms. The summed E-state index contributed by atoms with van der Waals surface area (Å²) in [6.07, 6.45) is 2.02. The lowest BCUT2D eigenvalue weighted by molar-refractivity contribution is -0.137. The lowest BCUT2D eigenvalue weighted by atomic mass is 9.95. The molecule has 2 aliphatic rings. The first kappa shape index (κ1) is 28.9. The van der Waals surface area contributed by atoms with E-state index in [0.717, 1.165) is 23.1 Å². The minimum atomic E-state index is -3.44. The number of sulfonamides is 1. The van der Waals surface area contributed by atoms with E-state index in [4.69, 9.17) is 11.6 Å². The van der Waals surface area contributed by atoms with Crippen molar-refractivity contribution in [2.75, 3.05) is 42.1 Å². The highest BCUT2D eigenvalue weighted by molar-refractivity contribution is 7.92. The Morgan fingerprint density at radius 1 is 0.951 bits per heavy atom. The maximum absolute atomic E-state index is 13.8. The van der Waals surface area contributed by atoms with Crippen LogP contribution in [0.25, 0.3) is 0 Å². The Morgan fingerprint density at radius 2 is 1.61 bits per heavy atom. The topological polar surface area (TPSA) is 111 Å². The van der Waals surface area contributed by atoms with E-state index < -0.39 is 22.1 Å². The number of hydrogen-bond donors (Lipinski definition) is 3. The smallest absolute Gasteiger partial charge is 0.245 e. The number of nitrogens with zero attached hydrogens (tertiary/aromatic N) is 2. The zero-order chi connectivity index (χ0) is 29.0. The van der Waals surface area contributed by atoms with E-state index >= 15 is 0 Å². The Labute approximate surface area is 245 Å². The fourth-order valence-electron chi connectivity index (χ4n) is 5.39. The Balaban J connectivity index is 1.28. The summed E-state index contributed by atoms with van der Waals surface area (Å²) in [6.45, 7) is 2.53. The third kappa shape index (κ3) is 7.38. The van der Waals surface area contributed by atoms with Crippen molar-refractivity contribution in [3.8, 4) is 0 Å². The van der Waals surface area contributed by atoms with Crippen LogP contribution in [0, 0.1) is 0 Å². The van der Waals surface area contributed by atoms with Crippen molar-refractivity contribution in [2.45, 2.75) is 31.5 Å². The largest absolute Gasteiger partial charge is 0.366 e. The summed E-state index contributed by atoms with van der Waals surface area (Å²) in [5.74, 6) is -0.349. The Hall–Kier alpha value is -3.60. The highest BCUT2D eigenvalue weighted by atomic mass is 35.5. The van der Waals surface area contributed by atoms with Crippen molar-refractivity contribution >= 4 is 44.8 Å². The van der Waals surface area contributed by atoms with E-state index in [9.17, 15) is 18.0 Å². The van der Waals surface area contributed by atoms with Gasteiger partial charge in [0, 0.05) is 44.2 Å². The molecule has 3 N–H and O–H groups in total. The van der Waals surface area contributed by atoms with Gasteiger partial charge >= 0.3 is 0 Å². The normalized spacial score (nSPS) is 17.9. The van der Waals surface area contributed by atoms with E-state index in [2.05, 4.69) is 26.3 Å². The van der Waals surface area contributed by atoms with E-state index in [0.29, 0.717) is 56.3 Å². The fourth-order valence-corrected chi connectivity index (χ4v) is 6.09. The Bertz CT molecular complexity index is 1510. The van der Waals surface area contributed by atoms with Gasteiger partial charge < -0.3 is 20.4 Å². The van der Waals surface area contributed by atoms with Crippen LogP contribution >= 0.6 is 11.6 Å². The van der Waals surface area contributed by atoms with Crippen molar-refractivity contribution in [3.63, 3.8) is 0 Å². The Kier molecular flexibility index (Phi) is 8.82. The molecule has 0 aromatic heterocycles. The van der Waals surface area contributed by atoms with Crippen LogP contribution in [0.2, 0.25) is 5.02 Å². The standard InChI is InChI=1S/C30H34ClN5O4S/c1-41(39,40)34-25-8-4-5-9-28(25)35-14-16-36(17-15-35)30(38)27(18-21-10-12-24(31)13-11-21)33-29(37)26-19-22-6-2-3-7-23(22)20-32-26/h2-13,26-27,32,34H,14-20H2,1H3,(H,33,37)/t26?,27-/m1/s1. The highest BCUT2D eigenvalue weighted by Gasteiger charge is 2.32. The van der Waals surface area contributed by atoms with E-state index in [1.807, 2.05) is 42.5 Å². The van der Waals surface area contributed by atoms with Gasteiger partial charge in [0.1, 0.15) is 6.04 Å². The molecular weight excluding hydrogens is 562 g/mol. The van der Waals surface area contributed by atoms with Gasteiger partial charge in [0.25, 0.3) is 0 Å². The van der Waals surface area contributed by atoms with Gasteiger partial charge in [-0.05, 0) is 47.4 Å². The van der Waals surface area contributed by atoms with Crippen LogP contribution < -0.4 is 20.3 Å². The van der Waals surface area contributed by atoms with Crippen LogP contribution in [0.3, 0.4) is 0 Å². The third-order valence-electron chi connectivity index (χ3n) is 7.50. The molecule has 0 radical (unpaired) electrons. The van der Waals surface area contributed by atoms with E-state index in [1.54, 1.807) is 29.2 Å². The third-order valence-corrected chi connectivity index (χ3v) is 8.34. The van der Waals surface area contributed by atoms with Crippen LogP contribution in [-0.2, 0) is 39.0 Å². The summed E-state index contributed by atoms with van der Waals surface area (Å²) in [5.41, 5.74) is 4.48. The van der Waals surface area contributed by atoms with Gasteiger partial charge in [-0.3, -0.25) is 14.3 Å². The molecule has 216 valence electrons. The maximum atomic E-state index is 13.8. The predicted octanol–water partition coefficient (Wildman–Crippen LogP) is 2.80. The summed E-state index contributed by atoms with van der Waals surface area (Å²) < 4.78 is 26.3. The number of carbonyl (C=O) groups excluding carboxylic acids is 2. The minimum absolute atomic E-state index is 0.147. The number of para-hydroxylation sites is 2. The van der Waals surface area contributed by atoms with Gasteiger partial charge in [0.2, 0.25) is 21.8 Å². The zero-order valence-corrected chi connectivity index (χ0v) is 24.4. The second-order valence-corrected chi connectivity index (χ2v) is 12.7. The van der Waals surface area contributed by atoms with Crippen molar-refractivity contribution in [3.05, 3.63) is 94.5 Å². The quantitative estimate of drug-likeness (QED) is 0.369. The van der Waals surface area contributed by atoms with Gasteiger partial charge in [-0.15, -0.1) is 0 Å². The Morgan fingerprint density at radius 3 is 2.32 bits per heavy atom. The van der Waals surface area contributed by atoms with E-state index in [-0.39, 0.29) is 11.8 Å². The summed E-state index contributed by atoms with van der Waals surface area (Å²) in [4.78, 5) is 31.1. The molecule has 0 bridgehead atoms. The van der Waals surface area contributed by atoms with Crippen molar-refractivity contribution in [1.82, 2.24) is 15.5 Å². The van der Waals surface area contributed by atoms with Crippen LogP contribution in [-0.4, -0.2) is 69.7 Å². The number of anilines is 2. The molecule has 5 rings (SSSR count). The van der Waals surface area contributed by atoms with E-state index in [1.165, 1.54) is 5.56 Å². The van der Waals surface area contributed by atoms with Crippen LogP contribution in [0.1, 0.15) is 16.7 Å². The van der Waals surface area contributed by atoms with Crippen molar-refractivity contribution in [2.24, 2.45) is 0 Å². The van der Waals surface area contributed by atoms with Gasteiger partial charge in [0.05, 0.1) is 23.7 Å². The minimum Gasteiger partial charge on any atom is -0.366 e. The van der Waals surface area contributed by atoms with Gasteiger partial charge in [-0.25, -0.2) is 8.42 Å². The molecule has 0 spiro atoms. The zero-order valence-electron chi connectivity index (χ0n) is 22.8. The van der Waals surface area contributed by atoms with Crippen LogP contribution in [0.4, 0.5) is 11.4 Å². The molecule has 1 fully saturated rings. The molecule has 2 atom stereocenters. The van der Waals surface area contributed by atoms with Crippen LogP contribution in [0.15, 0.2) is 72.8 Å². The SMILES string of the molecule is CS(=O)(=O)Nc1ccccc1N1CCN(C(=O)[C@@H](Cc2ccc(Cl)cc2)NC(=O)C2Cc3ccccc3CN2)CC1. The molecular formula is C30H34ClN5O4S. The molecule has 2 aliphatic heterocycles. The number of carbonyl (C=O) groups is 2. The van der Waals surface area contributed by atoms with Gasteiger partial charge in [-0.2, -0.15) is 0 Å². The molecule has 0 saturated carbocycles.